The van der Waals surface area contributed by atoms with Crippen LogP contribution in [0.5, 0.6) is 0 Å². The summed E-state index contributed by atoms with van der Waals surface area (Å²) in [5.74, 6) is -0.584. The van der Waals surface area contributed by atoms with Crippen LogP contribution in [0.15, 0.2) is 24.3 Å². The van der Waals surface area contributed by atoms with Crippen molar-refractivity contribution in [3.8, 4) is 0 Å². The number of carbonyl (C=O) groups excluding carboxylic acids is 2. The van der Waals surface area contributed by atoms with Gasteiger partial charge in [-0.15, -0.1) is 0 Å². The molecular formula is C13H18O3. The summed E-state index contributed by atoms with van der Waals surface area (Å²) in [5, 5.41) is 0. The molecule has 0 radical (unpaired) electrons. The normalized spacial score (nSPS) is 17.9. The minimum Gasteiger partial charge on any atom is -0.465 e. The van der Waals surface area contributed by atoms with Crippen LogP contribution in [0.1, 0.15) is 32.1 Å². The molecule has 0 aromatic heterocycles. The molecule has 0 spiro atoms. The zero-order valence-electron chi connectivity index (χ0n) is 9.70. The van der Waals surface area contributed by atoms with Gasteiger partial charge in [0.1, 0.15) is 5.57 Å². The Morgan fingerprint density at radius 2 is 1.88 bits per heavy atom. The molecule has 1 fully saturated rings. The second-order valence-corrected chi connectivity index (χ2v) is 4.04. The first kappa shape index (κ1) is 12.7. The minimum absolute atomic E-state index is 0.129. The van der Waals surface area contributed by atoms with E-state index in [-0.39, 0.29) is 11.4 Å². The quantitative estimate of drug-likeness (QED) is 0.317. The number of hydrogen-bond acceptors (Lipinski definition) is 3. The second-order valence-electron chi connectivity index (χ2n) is 4.04. The molecule has 0 aromatic carbocycles. The van der Waals surface area contributed by atoms with Crippen LogP contribution >= 0.6 is 0 Å². The van der Waals surface area contributed by atoms with Crippen LogP contribution in [0, 0.1) is 5.92 Å². The summed E-state index contributed by atoms with van der Waals surface area (Å²) < 4.78 is 4.60. The molecule has 0 heterocycles. The number of methoxy groups -OCH3 is 1. The molecular weight excluding hydrogens is 204 g/mol. The molecule has 1 aliphatic rings. The van der Waals surface area contributed by atoms with Gasteiger partial charge in [0.05, 0.1) is 7.11 Å². The highest BCUT2D eigenvalue weighted by Crippen LogP contribution is 2.26. The van der Waals surface area contributed by atoms with Crippen molar-refractivity contribution in [3.63, 3.8) is 0 Å². The number of ether oxygens (including phenoxy) is 1. The predicted molar refractivity (Wildman–Crippen MR) is 61.9 cm³/mol. The van der Waals surface area contributed by atoms with Gasteiger partial charge in [-0.25, -0.2) is 4.79 Å². The summed E-state index contributed by atoms with van der Waals surface area (Å²) in [6.07, 6.45) is 8.58. The number of carbonyl (C=O) groups is 2. The topological polar surface area (TPSA) is 43.4 Å². The van der Waals surface area contributed by atoms with E-state index in [1.54, 1.807) is 6.08 Å². The van der Waals surface area contributed by atoms with Crippen molar-refractivity contribution >= 4 is 11.8 Å². The maximum atomic E-state index is 11.5. The third-order valence-electron chi connectivity index (χ3n) is 2.91. The van der Waals surface area contributed by atoms with Crippen molar-refractivity contribution in [3.05, 3.63) is 24.3 Å². The van der Waals surface area contributed by atoms with E-state index in [2.05, 4.69) is 11.3 Å². The zero-order valence-corrected chi connectivity index (χ0v) is 9.70. The summed E-state index contributed by atoms with van der Waals surface area (Å²) in [6, 6.07) is 0. The van der Waals surface area contributed by atoms with Gasteiger partial charge in [0.15, 0.2) is 5.78 Å². The molecule has 3 heteroatoms. The van der Waals surface area contributed by atoms with Gasteiger partial charge < -0.3 is 4.74 Å². The van der Waals surface area contributed by atoms with Gasteiger partial charge in [0.25, 0.3) is 0 Å². The van der Waals surface area contributed by atoms with Gasteiger partial charge in [-0.1, -0.05) is 31.9 Å². The Kier molecular flexibility index (Phi) is 4.96. The summed E-state index contributed by atoms with van der Waals surface area (Å²) in [6.45, 7) is 3.39. The van der Waals surface area contributed by atoms with E-state index >= 15 is 0 Å². The van der Waals surface area contributed by atoms with Crippen LogP contribution < -0.4 is 0 Å². The van der Waals surface area contributed by atoms with Crippen molar-refractivity contribution in [2.75, 3.05) is 7.11 Å². The number of hydrogen-bond donors (Lipinski definition) is 0. The molecule has 3 nitrogen and oxygen atoms in total. The Morgan fingerprint density at radius 3 is 2.38 bits per heavy atom. The Labute approximate surface area is 96.2 Å². The standard InChI is InChI=1S/C13H18O3/c1-3-12(14)11(13(15)16-2)9-10-7-5-4-6-8-10/h3,9-10H,1,4-8H2,2H3/b11-9+. The second kappa shape index (κ2) is 6.26. The molecule has 16 heavy (non-hydrogen) atoms. The van der Waals surface area contributed by atoms with Crippen LogP contribution in [0.4, 0.5) is 0 Å². The van der Waals surface area contributed by atoms with Crippen LogP contribution in [-0.4, -0.2) is 18.9 Å². The van der Waals surface area contributed by atoms with Crippen LogP contribution in [0.3, 0.4) is 0 Å². The third-order valence-corrected chi connectivity index (χ3v) is 2.91. The first-order valence-electron chi connectivity index (χ1n) is 5.66. The van der Waals surface area contributed by atoms with Gasteiger partial charge >= 0.3 is 5.97 Å². The van der Waals surface area contributed by atoms with Gasteiger partial charge in [0, 0.05) is 0 Å². The van der Waals surface area contributed by atoms with Crippen molar-refractivity contribution in [1.82, 2.24) is 0 Å². The highest BCUT2D eigenvalue weighted by atomic mass is 16.5. The summed E-state index contributed by atoms with van der Waals surface area (Å²) >= 11 is 0. The maximum Gasteiger partial charge on any atom is 0.341 e. The fourth-order valence-electron chi connectivity index (χ4n) is 2.01. The average molecular weight is 222 g/mol. The number of allylic oxidation sites excluding steroid dienone is 2. The zero-order chi connectivity index (χ0) is 12.0. The molecule has 0 N–H and O–H groups in total. The van der Waals surface area contributed by atoms with E-state index in [0.717, 1.165) is 31.8 Å². The summed E-state index contributed by atoms with van der Waals surface area (Å²) in [7, 11) is 1.29. The lowest BCUT2D eigenvalue weighted by Crippen LogP contribution is -2.15. The van der Waals surface area contributed by atoms with E-state index in [1.807, 2.05) is 0 Å². The Morgan fingerprint density at radius 1 is 1.25 bits per heavy atom. The fourth-order valence-corrected chi connectivity index (χ4v) is 2.01. The monoisotopic (exact) mass is 222 g/mol. The van der Waals surface area contributed by atoms with Gasteiger partial charge in [0.2, 0.25) is 0 Å². The highest BCUT2D eigenvalue weighted by molar-refractivity contribution is 6.21. The Balaban J connectivity index is 2.81. The van der Waals surface area contributed by atoms with Gasteiger partial charge in [-0.3, -0.25) is 4.79 Å². The van der Waals surface area contributed by atoms with Crippen molar-refractivity contribution in [1.29, 1.82) is 0 Å². The van der Waals surface area contributed by atoms with Crippen LogP contribution in [-0.2, 0) is 14.3 Å². The first-order chi connectivity index (χ1) is 7.69. The lowest BCUT2D eigenvalue weighted by molar-refractivity contribution is -0.137. The molecule has 0 saturated heterocycles. The molecule has 1 aliphatic carbocycles. The molecule has 1 saturated carbocycles. The van der Waals surface area contributed by atoms with Crippen LogP contribution in [0.25, 0.3) is 0 Å². The SMILES string of the molecule is C=CC(=O)/C(=C\C1CCCCC1)C(=O)OC. The van der Waals surface area contributed by atoms with Crippen LogP contribution in [0.2, 0.25) is 0 Å². The lowest BCUT2D eigenvalue weighted by atomic mass is 9.87. The van der Waals surface area contributed by atoms with E-state index < -0.39 is 5.97 Å². The molecule has 88 valence electrons. The third kappa shape index (κ3) is 3.33. The fraction of sp³-hybridized carbons (Fsp3) is 0.538. The number of rotatable bonds is 4. The van der Waals surface area contributed by atoms with Crippen molar-refractivity contribution < 1.29 is 14.3 Å². The molecule has 0 aliphatic heterocycles. The van der Waals surface area contributed by atoms with Gasteiger partial charge in [-0.2, -0.15) is 0 Å². The molecule has 0 unspecified atom stereocenters. The van der Waals surface area contributed by atoms with E-state index in [1.165, 1.54) is 13.5 Å². The molecule has 0 aromatic rings. The number of esters is 1. The maximum absolute atomic E-state index is 11.5. The minimum atomic E-state index is -0.560. The Hall–Kier alpha value is -1.38. The largest absolute Gasteiger partial charge is 0.465 e. The summed E-state index contributed by atoms with van der Waals surface area (Å²) in [5.41, 5.74) is 0.129. The first-order valence-corrected chi connectivity index (χ1v) is 5.66. The molecule has 0 amide bonds. The average Bonchev–Trinajstić information content (AvgIpc) is 2.35. The molecule has 0 bridgehead atoms. The number of ketones is 1. The molecule has 0 atom stereocenters. The van der Waals surface area contributed by atoms with Crippen molar-refractivity contribution in [2.24, 2.45) is 5.92 Å². The van der Waals surface area contributed by atoms with Gasteiger partial charge in [-0.05, 0) is 24.8 Å². The van der Waals surface area contributed by atoms with E-state index in [0.29, 0.717) is 5.92 Å². The smallest absolute Gasteiger partial charge is 0.341 e. The summed E-state index contributed by atoms with van der Waals surface area (Å²) in [4.78, 5) is 22.9. The van der Waals surface area contributed by atoms with E-state index in [9.17, 15) is 9.59 Å². The predicted octanol–water partition coefficient (Wildman–Crippen LogP) is 2.42. The molecule has 1 rings (SSSR count). The van der Waals surface area contributed by atoms with E-state index in [4.69, 9.17) is 0 Å². The highest BCUT2D eigenvalue weighted by Gasteiger charge is 2.19. The lowest BCUT2D eigenvalue weighted by Gasteiger charge is -2.18. The Bertz CT molecular complexity index is 309. The van der Waals surface area contributed by atoms with Crippen molar-refractivity contribution in [2.45, 2.75) is 32.1 Å².